The Balaban J connectivity index is 1.79. The van der Waals surface area contributed by atoms with Gasteiger partial charge in [0, 0.05) is 6.04 Å². The molecular formula is C16H15FN2O4. The second-order valence-corrected chi connectivity index (χ2v) is 5.69. The van der Waals surface area contributed by atoms with Crippen LogP contribution in [0, 0.1) is 5.82 Å². The fraction of sp³-hybridized carbons (Fsp3) is 0.375. The molecule has 7 heteroatoms. The highest BCUT2D eigenvalue weighted by molar-refractivity contribution is 6.45. The normalized spacial score (nSPS) is 19.1. The van der Waals surface area contributed by atoms with Gasteiger partial charge in [0.15, 0.2) is 5.78 Å². The van der Waals surface area contributed by atoms with Gasteiger partial charge < -0.3 is 0 Å². The van der Waals surface area contributed by atoms with Crippen LogP contribution in [0.3, 0.4) is 0 Å². The van der Waals surface area contributed by atoms with Crippen molar-refractivity contribution in [3.63, 3.8) is 0 Å². The molecule has 0 spiro atoms. The molecule has 0 radical (unpaired) electrons. The summed E-state index contributed by atoms with van der Waals surface area (Å²) in [6, 6.07) is 4.25. The number of rotatable bonds is 4. The Bertz CT molecular complexity index is 697. The van der Waals surface area contributed by atoms with Gasteiger partial charge in [-0.05, 0) is 25.0 Å². The molecule has 1 aromatic carbocycles. The molecule has 2 fully saturated rings. The fourth-order valence-corrected chi connectivity index (χ4v) is 3.06. The predicted molar refractivity (Wildman–Crippen MR) is 76.9 cm³/mol. The zero-order chi connectivity index (χ0) is 16.6. The van der Waals surface area contributed by atoms with Crippen LogP contribution in [-0.4, -0.2) is 46.0 Å². The van der Waals surface area contributed by atoms with Crippen LogP contribution in [-0.2, 0) is 9.59 Å². The molecule has 1 aliphatic carbocycles. The van der Waals surface area contributed by atoms with Gasteiger partial charge in [0.05, 0.1) is 12.1 Å². The van der Waals surface area contributed by atoms with Gasteiger partial charge in [-0.15, -0.1) is 0 Å². The van der Waals surface area contributed by atoms with Crippen molar-refractivity contribution in [3.8, 4) is 0 Å². The third kappa shape index (κ3) is 2.62. The summed E-state index contributed by atoms with van der Waals surface area (Å²) in [5.74, 6) is -3.36. The van der Waals surface area contributed by atoms with E-state index in [1.54, 1.807) is 0 Å². The topological polar surface area (TPSA) is 74.8 Å². The first-order chi connectivity index (χ1) is 11.0. The lowest BCUT2D eigenvalue weighted by Crippen LogP contribution is -2.41. The molecular weight excluding hydrogens is 303 g/mol. The molecule has 2 aliphatic rings. The number of nitrogens with zero attached hydrogens (tertiary/aromatic N) is 2. The summed E-state index contributed by atoms with van der Waals surface area (Å²) < 4.78 is 13.6. The SMILES string of the molecule is O=C(CN1C(=O)C(=O)N(C2CCCC2)C1=O)c1ccccc1F. The summed E-state index contributed by atoms with van der Waals surface area (Å²) in [6.07, 6.45) is 3.12. The Hall–Kier alpha value is -2.57. The first-order valence-corrected chi connectivity index (χ1v) is 7.47. The number of hydrogen-bond donors (Lipinski definition) is 0. The molecule has 0 bridgehead atoms. The predicted octanol–water partition coefficient (Wildman–Crippen LogP) is 1.74. The molecule has 1 heterocycles. The third-order valence-corrected chi connectivity index (χ3v) is 4.25. The van der Waals surface area contributed by atoms with E-state index in [2.05, 4.69) is 0 Å². The van der Waals surface area contributed by atoms with Crippen LogP contribution in [0.1, 0.15) is 36.0 Å². The van der Waals surface area contributed by atoms with Gasteiger partial charge in [0.25, 0.3) is 0 Å². The maximum Gasteiger partial charge on any atom is 0.334 e. The third-order valence-electron chi connectivity index (χ3n) is 4.25. The van der Waals surface area contributed by atoms with Gasteiger partial charge in [-0.25, -0.2) is 14.1 Å². The van der Waals surface area contributed by atoms with Crippen molar-refractivity contribution < 1.29 is 23.6 Å². The van der Waals surface area contributed by atoms with Crippen LogP contribution in [0.15, 0.2) is 24.3 Å². The molecule has 6 nitrogen and oxygen atoms in total. The van der Waals surface area contributed by atoms with E-state index in [0.717, 1.165) is 23.8 Å². The second kappa shape index (κ2) is 5.91. The highest BCUT2D eigenvalue weighted by Crippen LogP contribution is 2.27. The Kier molecular flexibility index (Phi) is 3.94. The first-order valence-electron chi connectivity index (χ1n) is 7.47. The molecule has 3 rings (SSSR count). The molecule has 1 aromatic rings. The number of hydrogen-bond acceptors (Lipinski definition) is 4. The van der Waals surface area contributed by atoms with Crippen molar-refractivity contribution in [2.24, 2.45) is 0 Å². The van der Waals surface area contributed by atoms with E-state index < -0.39 is 36.0 Å². The van der Waals surface area contributed by atoms with Gasteiger partial charge in [-0.1, -0.05) is 25.0 Å². The van der Waals surface area contributed by atoms with Crippen molar-refractivity contribution in [1.82, 2.24) is 9.80 Å². The van der Waals surface area contributed by atoms with Crippen LogP contribution in [0.4, 0.5) is 9.18 Å². The fourth-order valence-electron chi connectivity index (χ4n) is 3.06. The van der Waals surface area contributed by atoms with Crippen LogP contribution >= 0.6 is 0 Å². The highest BCUT2D eigenvalue weighted by Gasteiger charge is 2.48. The molecule has 1 aliphatic heterocycles. The summed E-state index contributed by atoms with van der Waals surface area (Å²) in [7, 11) is 0. The van der Waals surface area contributed by atoms with Gasteiger partial charge >= 0.3 is 17.8 Å². The molecule has 23 heavy (non-hydrogen) atoms. The smallest absolute Gasteiger partial charge is 0.292 e. The summed E-state index contributed by atoms with van der Waals surface area (Å²) in [6.45, 7) is -0.631. The summed E-state index contributed by atoms with van der Waals surface area (Å²) in [5.41, 5.74) is -0.208. The largest absolute Gasteiger partial charge is 0.334 e. The average Bonchev–Trinajstić information content (AvgIpc) is 3.11. The second-order valence-electron chi connectivity index (χ2n) is 5.69. The quantitative estimate of drug-likeness (QED) is 0.481. The number of Topliss-reactive ketones (excluding diaryl/α,β-unsaturated/α-hetero) is 1. The minimum Gasteiger partial charge on any atom is -0.292 e. The van der Waals surface area contributed by atoms with Gasteiger partial charge in [0.1, 0.15) is 5.82 Å². The maximum absolute atomic E-state index is 13.6. The Morgan fingerprint density at radius 3 is 2.39 bits per heavy atom. The van der Waals surface area contributed by atoms with Crippen LogP contribution < -0.4 is 0 Å². The van der Waals surface area contributed by atoms with Crippen LogP contribution in [0.25, 0.3) is 0 Å². The number of imide groups is 2. The molecule has 0 aromatic heterocycles. The number of benzene rings is 1. The molecule has 120 valence electrons. The van der Waals surface area contributed by atoms with E-state index in [-0.39, 0.29) is 11.6 Å². The van der Waals surface area contributed by atoms with Crippen molar-refractivity contribution >= 4 is 23.6 Å². The summed E-state index contributed by atoms with van der Waals surface area (Å²) >= 11 is 0. The van der Waals surface area contributed by atoms with Crippen molar-refractivity contribution in [2.45, 2.75) is 31.7 Å². The summed E-state index contributed by atoms with van der Waals surface area (Å²) in [4.78, 5) is 50.0. The Morgan fingerprint density at radius 1 is 1.09 bits per heavy atom. The van der Waals surface area contributed by atoms with E-state index in [9.17, 15) is 23.6 Å². The molecule has 0 N–H and O–H groups in total. The van der Waals surface area contributed by atoms with E-state index >= 15 is 0 Å². The zero-order valence-corrected chi connectivity index (χ0v) is 12.3. The van der Waals surface area contributed by atoms with Gasteiger partial charge in [0.2, 0.25) is 0 Å². The lowest BCUT2D eigenvalue weighted by atomic mass is 10.1. The number of carbonyl (C=O) groups is 4. The number of carbonyl (C=O) groups excluding carboxylic acids is 4. The van der Waals surface area contributed by atoms with Crippen molar-refractivity contribution in [2.75, 3.05) is 6.54 Å². The number of ketones is 1. The summed E-state index contributed by atoms with van der Waals surface area (Å²) in [5, 5.41) is 0. The first kappa shape index (κ1) is 15.3. The lowest BCUT2D eigenvalue weighted by molar-refractivity contribution is -0.143. The Labute approximate surface area is 131 Å². The lowest BCUT2D eigenvalue weighted by Gasteiger charge is -2.20. The van der Waals surface area contributed by atoms with E-state index in [1.165, 1.54) is 18.2 Å². The van der Waals surface area contributed by atoms with Crippen LogP contribution in [0.5, 0.6) is 0 Å². The van der Waals surface area contributed by atoms with Crippen molar-refractivity contribution in [3.05, 3.63) is 35.6 Å². The monoisotopic (exact) mass is 318 g/mol. The Morgan fingerprint density at radius 2 is 1.74 bits per heavy atom. The van der Waals surface area contributed by atoms with Gasteiger partial charge in [-0.2, -0.15) is 0 Å². The average molecular weight is 318 g/mol. The molecule has 0 atom stereocenters. The van der Waals surface area contributed by atoms with Crippen LogP contribution in [0.2, 0.25) is 0 Å². The number of halogens is 1. The number of urea groups is 1. The zero-order valence-electron chi connectivity index (χ0n) is 12.3. The molecule has 0 unspecified atom stereocenters. The van der Waals surface area contributed by atoms with E-state index in [0.29, 0.717) is 17.7 Å². The van der Waals surface area contributed by atoms with E-state index in [4.69, 9.17) is 0 Å². The molecule has 4 amide bonds. The van der Waals surface area contributed by atoms with Gasteiger partial charge in [-0.3, -0.25) is 19.3 Å². The standard InChI is InChI=1S/C16H15FN2O4/c17-12-8-4-3-7-11(12)13(20)9-18-14(21)15(22)19(16(18)23)10-5-1-2-6-10/h3-4,7-8,10H,1-2,5-6,9H2. The number of amides is 4. The maximum atomic E-state index is 13.6. The van der Waals surface area contributed by atoms with Crippen molar-refractivity contribution in [1.29, 1.82) is 0 Å². The molecule has 1 saturated carbocycles. The molecule has 1 saturated heterocycles. The minimum atomic E-state index is -1.02. The highest BCUT2D eigenvalue weighted by atomic mass is 19.1. The minimum absolute atomic E-state index is 0.208. The van der Waals surface area contributed by atoms with E-state index in [1.807, 2.05) is 0 Å².